The molecule has 0 atom stereocenters. The van der Waals surface area contributed by atoms with Crippen LogP contribution in [-0.2, 0) is 6.61 Å². The number of hydrogen-bond acceptors (Lipinski definition) is 5. The molecule has 0 saturated carbocycles. The van der Waals surface area contributed by atoms with E-state index < -0.39 is 0 Å². The Kier molecular flexibility index (Phi) is 5.41. The monoisotopic (exact) mass is 467 g/mol. The maximum absolute atomic E-state index is 12.5. The van der Waals surface area contributed by atoms with E-state index in [1.807, 2.05) is 25.1 Å². The Morgan fingerprint density at radius 1 is 1.17 bits per heavy atom. The lowest BCUT2D eigenvalue weighted by Crippen LogP contribution is -2.14. The van der Waals surface area contributed by atoms with Crippen molar-refractivity contribution in [3.8, 4) is 5.75 Å². The zero-order valence-electron chi connectivity index (χ0n) is 16.3. The number of rotatable bonds is 5. The summed E-state index contributed by atoms with van der Waals surface area (Å²) in [4.78, 5) is 29.0. The van der Waals surface area contributed by atoms with Gasteiger partial charge in [0.25, 0.3) is 11.5 Å². The highest BCUT2D eigenvalue weighted by molar-refractivity contribution is 9.10. The Morgan fingerprint density at radius 3 is 2.80 bits per heavy atom. The number of fused-ring (bicyclic) bond motifs is 1. The third kappa shape index (κ3) is 4.28. The van der Waals surface area contributed by atoms with Crippen molar-refractivity contribution < 1.29 is 14.1 Å². The summed E-state index contributed by atoms with van der Waals surface area (Å²) in [6.45, 7) is 3.77. The number of aromatic nitrogens is 2. The fourth-order valence-corrected chi connectivity index (χ4v) is 3.36. The average Bonchev–Trinajstić information content (AvgIpc) is 3.09. The van der Waals surface area contributed by atoms with Gasteiger partial charge in [-0.2, -0.15) is 0 Å². The van der Waals surface area contributed by atoms with E-state index in [-0.39, 0.29) is 18.1 Å². The van der Waals surface area contributed by atoms with Gasteiger partial charge in [-0.05, 0) is 43.7 Å². The second-order valence-electron chi connectivity index (χ2n) is 6.82. The Balaban J connectivity index is 1.51. The number of aryl methyl sites for hydroxylation is 2. The van der Waals surface area contributed by atoms with Crippen LogP contribution in [0.25, 0.3) is 5.65 Å². The van der Waals surface area contributed by atoms with Gasteiger partial charge in [0.1, 0.15) is 18.1 Å². The number of ether oxygens (including phenoxy) is 1. The van der Waals surface area contributed by atoms with E-state index in [1.54, 1.807) is 37.3 Å². The molecule has 2 aromatic carbocycles. The maximum atomic E-state index is 12.5. The first-order valence-electron chi connectivity index (χ1n) is 9.19. The lowest BCUT2D eigenvalue weighted by Gasteiger charge is -2.12. The summed E-state index contributed by atoms with van der Waals surface area (Å²) >= 11 is 3.37. The number of nitrogens with one attached hydrogen (secondary N) is 1. The molecule has 1 N–H and O–H groups in total. The average molecular weight is 468 g/mol. The molecule has 2 aromatic heterocycles. The van der Waals surface area contributed by atoms with E-state index >= 15 is 0 Å². The minimum Gasteiger partial charge on any atom is -0.487 e. The third-order valence-electron chi connectivity index (χ3n) is 4.43. The minimum atomic E-state index is -0.307. The zero-order valence-corrected chi connectivity index (χ0v) is 17.9. The van der Waals surface area contributed by atoms with E-state index in [2.05, 4.69) is 26.2 Å². The molecular formula is C22H18BrN3O4. The zero-order chi connectivity index (χ0) is 21.3. The van der Waals surface area contributed by atoms with Crippen LogP contribution in [0.4, 0.5) is 5.69 Å². The Labute approximate surface area is 180 Å². The molecule has 0 radical (unpaired) electrons. The van der Waals surface area contributed by atoms with Crippen LogP contribution in [0, 0.1) is 13.8 Å². The largest absolute Gasteiger partial charge is 0.487 e. The van der Waals surface area contributed by atoms with Gasteiger partial charge in [0.05, 0.1) is 5.69 Å². The summed E-state index contributed by atoms with van der Waals surface area (Å²) < 4.78 is 13.1. The summed E-state index contributed by atoms with van der Waals surface area (Å²) in [6.07, 6.45) is 0. The molecule has 2 heterocycles. The summed E-state index contributed by atoms with van der Waals surface area (Å²) in [5, 5.41) is 2.87. The van der Waals surface area contributed by atoms with Crippen molar-refractivity contribution in [1.29, 1.82) is 0 Å². The van der Waals surface area contributed by atoms with E-state index in [0.29, 0.717) is 34.1 Å². The first-order valence-corrected chi connectivity index (χ1v) is 9.98. The van der Waals surface area contributed by atoms with Gasteiger partial charge in [-0.3, -0.25) is 9.59 Å². The van der Waals surface area contributed by atoms with E-state index in [0.717, 1.165) is 14.6 Å². The van der Waals surface area contributed by atoms with Gasteiger partial charge < -0.3 is 14.6 Å². The summed E-state index contributed by atoms with van der Waals surface area (Å²) in [7, 11) is 0. The maximum Gasteiger partial charge on any atom is 0.287 e. The van der Waals surface area contributed by atoms with Gasteiger partial charge in [-0.15, -0.1) is 4.57 Å². The van der Waals surface area contributed by atoms with E-state index in [4.69, 9.17) is 9.26 Å². The molecule has 0 aliphatic carbocycles. The van der Waals surface area contributed by atoms with Gasteiger partial charge in [-0.25, -0.2) is 4.98 Å². The molecule has 152 valence electrons. The molecule has 0 spiro atoms. The van der Waals surface area contributed by atoms with Crippen LogP contribution in [0.5, 0.6) is 5.75 Å². The molecule has 4 aromatic rings. The van der Waals surface area contributed by atoms with Gasteiger partial charge >= 0.3 is 0 Å². The van der Waals surface area contributed by atoms with Crippen LogP contribution in [0.2, 0.25) is 0 Å². The standard InChI is InChI=1S/C22H18BrN3O4/c1-13-6-7-17(25-22(28)15-4-3-5-16(23)9-15)10-19(13)29-12-18-11-21(27)26-20(24-18)8-14(2)30-26/h3-11H,12H2,1-2H3,(H,25,28). The highest BCUT2D eigenvalue weighted by Gasteiger charge is 2.10. The molecule has 0 saturated heterocycles. The number of amides is 1. The summed E-state index contributed by atoms with van der Waals surface area (Å²) in [6, 6.07) is 15.6. The molecule has 30 heavy (non-hydrogen) atoms. The summed E-state index contributed by atoms with van der Waals surface area (Å²) in [5.74, 6) is 0.969. The van der Waals surface area contributed by atoms with Crippen LogP contribution in [0.1, 0.15) is 27.4 Å². The minimum absolute atomic E-state index is 0.111. The number of halogens is 1. The SMILES string of the molecule is Cc1cc2nc(COc3cc(NC(=O)c4cccc(Br)c4)ccc3C)cc(=O)n2o1. The highest BCUT2D eigenvalue weighted by Crippen LogP contribution is 2.24. The number of carbonyl (C=O) groups excluding carboxylic acids is 1. The molecule has 4 rings (SSSR count). The molecule has 8 heteroatoms. The second kappa shape index (κ2) is 8.16. The Hall–Kier alpha value is -3.39. The van der Waals surface area contributed by atoms with Crippen LogP contribution in [0.3, 0.4) is 0 Å². The highest BCUT2D eigenvalue weighted by atomic mass is 79.9. The quantitative estimate of drug-likeness (QED) is 0.466. The third-order valence-corrected chi connectivity index (χ3v) is 4.93. The first-order chi connectivity index (χ1) is 14.4. The van der Waals surface area contributed by atoms with E-state index in [9.17, 15) is 9.59 Å². The van der Waals surface area contributed by atoms with Crippen molar-refractivity contribution in [1.82, 2.24) is 9.56 Å². The van der Waals surface area contributed by atoms with Crippen LogP contribution in [0.15, 0.2) is 68.4 Å². The smallest absolute Gasteiger partial charge is 0.287 e. The van der Waals surface area contributed by atoms with Gasteiger partial charge in [0.15, 0.2) is 5.65 Å². The van der Waals surface area contributed by atoms with Crippen LogP contribution in [-0.4, -0.2) is 15.5 Å². The molecule has 0 fully saturated rings. The first kappa shape index (κ1) is 19.9. The number of nitrogens with zero attached hydrogens (tertiary/aromatic N) is 2. The molecule has 0 bridgehead atoms. The molecule has 0 aliphatic rings. The van der Waals surface area contributed by atoms with Crippen molar-refractivity contribution in [3.63, 3.8) is 0 Å². The molecular weight excluding hydrogens is 450 g/mol. The Morgan fingerprint density at radius 2 is 2.00 bits per heavy atom. The predicted molar refractivity (Wildman–Crippen MR) is 116 cm³/mol. The summed E-state index contributed by atoms with van der Waals surface area (Å²) in [5.41, 5.74) is 2.66. The second-order valence-corrected chi connectivity index (χ2v) is 7.73. The number of hydrogen-bond donors (Lipinski definition) is 1. The lowest BCUT2D eigenvalue weighted by molar-refractivity contribution is 0.102. The van der Waals surface area contributed by atoms with Gasteiger partial charge in [0, 0.05) is 33.9 Å². The van der Waals surface area contributed by atoms with Crippen molar-refractivity contribution >= 4 is 33.2 Å². The lowest BCUT2D eigenvalue weighted by atomic mass is 10.1. The van der Waals surface area contributed by atoms with Crippen molar-refractivity contribution in [2.45, 2.75) is 20.5 Å². The fourth-order valence-electron chi connectivity index (χ4n) is 2.97. The fraction of sp³-hybridized carbons (Fsp3) is 0.136. The van der Waals surface area contributed by atoms with Crippen LogP contribution >= 0.6 is 15.9 Å². The molecule has 0 unspecified atom stereocenters. The van der Waals surface area contributed by atoms with Crippen molar-refractivity contribution in [2.75, 3.05) is 5.32 Å². The number of anilines is 1. The van der Waals surface area contributed by atoms with Gasteiger partial charge in [0.2, 0.25) is 0 Å². The van der Waals surface area contributed by atoms with Crippen LogP contribution < -0.4 is 15.6 Å². The Bertz CT molecular complexity index is 1310. The molecule has 7 nitrogen and oxygen atoms in total. The normalized spacial score (nSPS) is 10.9. The van der Waals surface area contributed by atoms with Crippen molar-refractivity contribution in [3.05, 3.63) is 92.0 Å². The predicted octanol–water partition coefficient (Wildman–Crippen LogP) is 4.50. The van der Waals surface area contributed by atoms with Crippen molar-refractivity contribution in [2.24, 2.45) is 0 Å². The number of carbonyl (C=O) groups is 1. The van der Waals surface area contributed by atoms with Gasteiger partial charge in [-0.1, -0.05) is 28.1 Å². The number of benzene rings is 2. The topological polar surface area (TPSA) is 85.8 Å². The molecule has 1 amide bonds. The molecule has 0 aliphatic heterocycles. The van der Waals surface area contributed by atoms with E-state index in [1.165, 1.54) is 6.07 Å².